The lowest BCUT2D eigenvalue weighted by molar-refractivity contribution is -0.119. The van der Waals surface area contributed by atoms with Crippen molar-refractivity contribution < 1.29 is 4.79 Å². The second-order valence-electron chi connectivity index (χ2n) is 4.95. The first kappa shape index (κ1) is 14.3. The first-order valence-electron chi connectivity index (χ1n) is 6.85. The van der Waals surface area contributed by atoms with Crippen molar-refractivity contribution in [3.8, 4) is 0 Å². The minimum atomic E-state index is -0.0644. The minimum Gasteiger partial charge on any atom is -0.358 e. The fraction of sp³-hybridized carbons (Fsp3) is 0.294. The Bertz CT molecular complexity index is 556. The van der Waals surface area contributed by atoms with Gasteiger partial charge in [-0.1, -0.05) is 54.1 Å². The van der Waals surface area contributed by atoms with Crippen molar-refractivity contribution in [1.29, 1.82) is 0 Å². The predicted molar refractivity (Wildman–Crippen MR) is 82.9 cm³/mol. The molecule has 1 unspecified atom stereocenters. The Balaban J connectivity index is 2.27. The van der Waals surface area contributed by atoms with Gasteiger partial charge in [0.15, 0.2) is 0 Å². The number of rotatable bonds is 4. The zero-order valence-corrected chi connectivity index (χ0v) is 12.0. The van der Waals surface area contributed by atoms with E-state index in [0.29, 0.717) is 0 Å². The number of carbonyl (C=O) groups excluding carboxylic acids is 1. The first-order chi connectivity index (χ1) is 9.70. The molecule has 0 aliphatic heterocycles. The molecule has 0 spiro atoms. The van der Waals surface area contributed by atoms with Crippen LogP contribution in [0.3, 0.4) is 0 Å². The van der Waals surface area contributed by atoms with Gasteiger partial charge >= 0.3 is 0 Å². The zero-order chi connectivity index (χ0) is 14.4. The molecule has 3 heteroatoms. The lowest BCUT2D eigenvalue weighted by Crippen LogP contribution is -2.23. The highest BCUT2D eigenvalue weighted by atomic mass is 16.1. The highest BCUT2D eigenvalue weighted by molar-refractivity contribution is 6.04. The number of carbonyl (C=O) groups is 1. The molecule has 0 saturated heterocycles. The van der Waals surface area contributed by atoms with Gasteiger partial charge in [-0.05, 0) is 18.9 Å². The second kappa shape index (κ2) is 6.85. The molecule has 0 radical (unpaired) electrons. The molecular weight excluding hydrogens is 248 g/mol. The Morgan fingerprint density at radius 1 is 1.35 bits per heavy atom. The number of likely N-dealkylation sites (N-methyl/N-ethyl adjacent to an activating group) is 1. The summed E-state index contributed by atoms with van der Waals surface area (Å²) in [4.78, 5) is 16.0. The van der Waals surface area contributed by atoms with Crippen LogP contribution in [-0.4, -0.2) is 25.2 Å². The van der Waals surface area contributed by atoms with Gasteiger partial charge in [0.25, 0.3) is 0 Å². The zero-order valence-electron chi connectivity index (χ0n) is 12.0. The molecule has 104 valence electrons. The maximum absolute atomic E-state index is 11.4. The molecule has 0 bridgehead atoms. The van der Waals surface area contributed by atoms with Gasteiger partial charge in [0.2, 0.25) is 5.91 Å². The van der Waals surface area contributed by atoms with E-state index in [4.69, 9.17) is 0 Å². The van der Waals surface area contributed by atoms with E-state index in [1.165, 1.54) is 5.57 Å². The van der Waals surface area contributed by atoms with Crippen molar-refractivity contribution in [1.82, 2.24) is 5.32 Å². The number of hydrogen-bond acceptors (Lipinski definition) is 2. The quantitative estimate of drug-likeness (QED) is 0.838. The molecule has 0 fully saturated rings. The topological polar surface area (TPSA) is 41.5 Å². The van der Waals surface area contributed by atoms with Crippen LogP contribution in [0.25, 0.3) is 0 Å². The van der Waals surface area contributed by atoms with Crippen molar-refractivity contribution in [2.45, 2.75) is 13.3 Å². The number of allylic oxidation sites excluding steroid dienone is 4. The van der Waals surface area contributed by atoms with Crippen LogP contribution in [0.2, 0.25) is 0 Å². The molecule has 1 aliphatic rings. The van der Waals surface area contributed by atoms with Gasteiger partial charge in [-0.25, -0.2) is 0 Å². The summed E-state index contributed by atoms with van der Waals surface area (Å²) in [6.07, 6.45) is 7.31. The summed E-state index contributed by atoms with van der Waals surface area (Å²) in [6.45, 7) is 2.30. The van der Waals surface area contributed by atoms with Crippen molar-refractivity contribution >= 4 is 11.6 Å². The predicted octanol–water partition coefficient (Wildman–Crippen LogP) is 2.74. The molecule has 1 aliphatic carbocycles. The van der Waals surface area contributed by atoms with Gasteiger partial charge in [-0.3, -0.25) is 9.79 Å². The summed E-state index contributed by atoms with van der Waals surface area (Å²) in [6, 6.07) is 10.1. The maximum Gasteiger partial charge on any atom is 0.241 e. The van der Waals surface area contributed by atoms with Gasteiger partial charge in [0.05, 0.1) is 0 Å². The van der Waals surface area contributed by atoms with E-state index in [0.717, 1.165) is 17.7 Å². The van der Waals surface area contributed by atoms with Gasteiger partial charge in [0.1, 0.15) is 6.54 Å². The average Bonchev–Trinajstić information content (AvgIpc) is 2.48. The summed E-state index contributed by atoms with van der Waals surface area (Å²) >= 11 is 0. The lowest BCUT2D eigenvalue weighted by atomic mass is 9.87. The standard InChI is InChI=1S/C17H20N2O/c1-13-7-6-10-15(11-13)17(19-12-16(20)18-2)14-8-4-3-5-9-14/h3-10,15H,11-12H2,1-2H3,(H,18,20). The summed E-state index contributed by atoms with van der Waals surface area (Å²) in [5, 5.41) is 2.61. The molecule has 0 heterocycles. The molecule has 20 heavy (non-hydrogen) atoms. The maximum atomic E-state index is 11.4. The Morgan fingerprint density at radius 2 is 2.10 bits per heavy atom. The van der Waals surface area contributed by atoms with Gasteiger partial charge in [-0.15, -0.1) is 0 Å². The van der Waals surface area contributed by atoms with Crippen LogP contribution in [-0.2, 0) is 4.79 Å². The molecule has 1 N–H and O–H groups in total. The number of nitrogens with zero attached hydrogens (tertiary/aromatic N) is 1. The molecule has 0 saturated carbocycles. The van der Waals surface area contributed by atoms with E-state index >= 15 is 0 Å². The largest absolute Gasteiger partial charge is 0.358 e. The Morgan fingerprint density at radius 3 is 2.75 bits per heavy atom. The van der Waals surface area contributed by atoms with Gasteiger partial charge in [0, 0.05) is 18.7 Å². The fourth-order valence-corrected chi connectivity index (χ4v) is 2.29. The lowest BCUT2D eigenvalue weighted by Gasteiger charge is -2.19. The van der Waals surface area contributed by atoms with Crippen LogP contribution < -0.4 is 5.32 Å². The highest BCUT2D eigenvalue weighted by Gasteiger charge is 2.17. The van der Waals surface area contributed by atoms with Crippen LogP contribution >= 0.6 is 0 Å². The van der Waals surface area contributed by atoms with E-state index < -0.39 is 0 Å². The molecule has 1 atom stereocenters. The van der Waals surface area contributed by atoms with Gasteiger partial charge < -0.3 is 5.32 Å². The number of benzene rings is 1. The normalized spacial score (nSPS) is 18.6. The number of aliphatic imine (C=N–C) groups is 1. The fourth-order valence-electron chi connectivity index (χ4n) is 2.29. The molecule has 1 amide bonds. The van der Waals surface area contributed by atoms with E-state index in [-0.39, 0.29) is 18.4 Å². The molecule has 2 rings (SSSR count). The smallest absolute Gasteiger partial charge is 0.241 e. The summed E-state index contributed by atoms with van der Waals surface area (Å²) in [5.41, 5.74) is 3.40. The summed E-state index contributed by atoms with van der Waals surface area (Å²) in [5.74, 6) is 0.178. The van der Waals surface area contributed by atoms with Crippen LogP contribution in [0.5, 0.6) is 0 Å². The number of nitrogens with one attached hydrogen (secondary N) is 1. The number of hydrogen-bond donors (Lipinski definition) is 1. The highest BCUT2D eigenvalue weighted by Crippen LogP contribution is 2.23. The van der Waals surface area contributed by atoms with Crippen LogP contribution in [0.1, 0.15) is 18.9 Å². The van der Waals surface area contributed by atoms with E-state index in [2.05, 4.69) is 35.5 Å². The molecular formula is C17H20N2O. The molecule has 1 aromatic rings. The molecule has 1 aromatic carbocycles. The third kappa shape index (κ3) is 3.67. The van der Waals surface area contributed by atoms with Crippen molar-refractivity contribution in [3.63, 3.8) is 0 Å². The summed E-state index contributed by atoms with van der Waals surface area (Å²) in [7, 11) is 1.63. The Labute approximate surface area is 120 Å². The Hall–Kier alpha value is -2.16. The molecule has 0 aromatic heterocycles. The van der Waals surface area contributed by atoms with Crippen molar-refractivity contribution in [2.24, 2.45) is 10.9 Å². The minimum absolute atomic E-state index is 0.0644. The van der Waals surface area contributed by atoms with Crippen molar-refractivity contribution in [3.05, 3.63) is 59.7 Å². The first-order valence-corrected chi connectivity index (χ1v) is 6.85. The second-order valence-corrected chi connectivity index (χ2v) is 4.95. The number of amides is 1. The Kier molecular flexibility index (Phi) is 4.88. The third-order valence-electron chi connectivity index (χ3n) is 3.36. The molecule has 3 nitrogen and oxygen atoms in total. The van der Waals surface area contributed by atoms with Crippen molar-refractivity contribution in [2.75, 3.05) is 13.6 Å². The van der Waals surface area contributed by atoms with Gasteiger partial charge in [-0.2, -0.15) is 0 Å². The summed E-state index contributed by atoms with van der Waals surface area (Å²) < 4.78 is 0. The van der Waals surface area contributed by atoms with Crippen LogP contribution in [0.4, 0.5) is 0 Å². The van der Waals surface area contributed by atoms with Crippen LogP contribution in [0.15, 0.2) is 59.1 Å². The SMILES string of the molecule is CNC(=O)CN=C(c1ccccc1)C1C=CC=C(C)C1. The van der Waals surface area contributed by atoms with Crippen LogP contribution in [0, 0.1) is 5.92 Å². The van der Waals surface area contributed by atoms with E-state index in [9.17, 15) is 4.79 Å². The van der Waals surface area contributed by atoms with E-state index in [1.54, 1.807) is 7.05 Å². The monoisotopic (exact) mass is 268 g/mol. The average molecular weight is 268 g/mol. The van der Waals surface area contributed by atoms with E-state index in [1.807, 2.05) is 30.3 Å². The third-order valence-corrected chi connectivity index (χ3v) is 3.36.